The zero-order valence-electron chi connectivity index (χ0n) is 9.47. The molecular formula is C12H25N. The lowest BCUT2D eigenvalue weighted by Gasteiger charge is -2.41. The SMILES string of the molecule is CCC(C)C1(C)CCC(CN)CC1. The molecular weight excluding hydrogens is 158 g/mol. The molecule has 1 unspecified atom stereocenters. The van der Waals surface area contributed by atoms with Gasteiger partial charge in [-0.1, -0.05) is 27.2 Å². The summed E-state index contributed by atoms with van der Waals surface area (Å²) in [6.07, 6.45) is 6.83. The van der Waals surface area contributed by atoms with Gasteiger partial charge in [0.2, 0.25) is 0 Å². The molecule has 0 aromatic carbocycles. The Morgan fingerprint density at radius 2 is 1.92 bits per heavy atom. The van der Waals surface area contributed by atoms with Crippen molar-refractivity contribution in [3.63, 3.8) is 0 Å². The zero-order chi connectivity index (χ0) is 9.90. The van der Waals surface area contributed by atoms with Crippen LogP contribution in [0.25, 0.3) is 0 Å². The lowest BCUT2D eigenvalue weighted by molar-refractivity contribution is 0.102. The topological polar surface area (TPSA) is 26.0 Å². The molecule has 1 aliphatic rings. The van der Waals surface area contributed by atoms with Crippen LogP contribution in [0.1, 0.15) is 52.9 Å². The minimum absolute atomic E-state index is 0.612. The molecule has 13 heavy (non-hydrogen) atoms. The van der Waals surface area contributed by atoms with Crippen LogP contribution in [0.3, 0.4) is 0 Å². The standard InChI is InChI=1S/C12H25N/c1-4-10(2)12(3)7-5-11(9-13)6-8-12/h10-11H,4-9,13H2,1-3H3. The monoisotopic (exact) mass is 183 g/mol. The van der Waals surface area contributed by atoms with E-state index in [-0.39, 0.29) is 0 Å². The van der Waals surface area contributed by atoms with Crippen molar-refractivity contribution < 1.29 is 0 Å². The Balaban J connectivity index is 2.46. The van der Waals surface area contributed by atoms with Gasteiger partial charge in [0.25, 0.3) is 0 Å². The van der Waals surface area contributed by atoms with Crippen LogP contribution in [0.15, 0.2) is 0 Å². The molecule has 1 rings (SSSR count). The molecule has 1 fully saturated rings. The van der Waals surface area contributed by atoms with Gasteiger partial charge in [0.05, 0.1) is 0 Å². The first-order valence-electron chi connectivity index (χ1n) is 5.82. The van der Waals surface area contributed by atoms with Crippen molar-refractivity contribution in [2.45, 2.75) is 52.9 Å². The Kier molecular flexibility index (Phi) is 3.78. The summed E-state index contributed by atoms with van der Waals surface area (Å²) in [7, 11) is 0. The summed E-state index contributed by atoms with van der Waals surface area (Å²) in [4.78, 5) is 0. The van der Waals surface area contributed by atoms with Crippen molar-refractivity contribution >= 4 is 0 Å². The molecule has 0 aromatic rings. The molecule has 0 spiro atoms. The maximum absolute atomic E-state index is 5.70. The van der Waals surface area contributed by atoms with Gasteiger partial charge in [0.15, 0.2) is 0 Å². The fourth-order valence-electron chi connectivity index (χ4n) is 2.56. The van der Waals surface area contributed by atoms with E-state index < -0.39 is 0 Å². The largest absolute Gasteiger partial charge is 0.330 e. The second-order valence-electron chi connectivity index (χ2n) is 5.14. The molecule has 0 aliphatic heterocycles. The highest BCUT2D eigenvalue weighted by Crippen LogP contribution is 2.44. The molecule has 0 radical (unpaired) electrons. The lowest BCUT2D eigenvalue weighted by atomic mass is 9.65. The molecule has 1 saturated carbocycles. The van der Waals surface area contributed by atoms with E-state index in [4.69, 9.17) is 5.73 Å². The van der Waals surface area contributed by atoms with Crippen molar-refractivity contribution in [3.05, 3.63) is 0 Å². The van der Waals surface area contributed by atoms with E-state index in [1.54, 1.807) is 0 Å². The minimum atomic E-state index is 0.612. The molecule has 1 heteroatoms. The molecule has 0 saturated heterocycles. The van der Waals surface area contributed by atoms with Gasteiger partial charge in [0, 0.05) is 0 Å². The van der Waals surface area contributed by atoms with Crippen molar-refractivity contribution in [2.24, 2.45) is 23.0 Å². The van der Waals surface area contributed by atoms with Gasteiger partial charge in [-0.3, -0.25) is 0 Å². The molecule has 0 amide bonds. The van der Waals surface area contributed by atoms with E-state index in [9.17, 15) is 0 Å². The Hall–Kier alpha value is -0.0400. The average Bonchev–Trinajstić information content (AvgIpc) is 2.18. The van der Waals surface area contributed by atoms with E-state index in [0.29, 0.717) is 5.41 Å². The Morgan fingerprint density at radius 3 is 2.31 bits per heavy atom. The van der Waals surface area contributed by atoms with Crippen LogP contribution >= 0.6 is 0 Å². The summed E-state index contributed by atoms with van der Waals surface area (Å²) in [5, 5.41) is 0. The van der Waals surface area contributed by atoms with Crippen LogP contribution < -0.4 is 5.73 Å². The molecule has 1 atom stereocenters. The van der Waals surface area contributed by atoms with Gasteiger partial charge in [-0.25, -0.2) is 0 Å². The number of hydrogen-bond donors (Lipinski definition) is 1. The maximum atomic E-state index is 5.70. The van der Waals surface area contributed by atoms with Crippen molar-refractivity contribution in [2.75, 3.05) is 6.54 Å². The third kappa shape index (κ3) is 2.46. The van der Waals surface area contributed by atoms with Gasteiger partial charge in [-0.05, 0) is 49.5 Å². The second kappa shape index (κ2) is 4.45. The highest BCUT2D eigenvalue weighted by molar-refractivity contribution is 4.85. The molecule has 0 heterocycles. The van der Waals surface area contributed by atoms with Crippen LogP contribution in [0.4, 0.5) is 0 Å². The fraction of sp³-hybridized carbons (Fsp3) is 1.00. The van der Waals surface area contributed by atoms with Crippen LogP contribution in [0, 0.1) is 17.3 Å². The summed E-state index contributed by atoms with van der Waals surface area (Å²) < 4.78 is 0. The smallest absolute Gasteiger partial charge is 0.00489 e. The molecule has 1 nitrogen and oxygen atoms in total. The quantitative estimate of drug-likeness (QED) is 0.714. The number of rotatable bonds is 3. The summed E-state index contributed by atoms with van der Waals surface area (Å²) in [6, 6.07) is 0. The molecule has 1 aliphatic carbocycles. The van der Waals surface area contributed by atoms with Gasteiger partial charge < -0.3 is 5.73 Å². The highest BCUT2D eigenvalue weighted by Gasteiger charge is 2.34. The van der Waals surface area contributed by atoms with Crippen molar-refractivity contribution in [1.82, 2.24) is 0 Å². The van der Waals surface area contributed by atoms with E-state index >= 15 is 0 Å². The Labute approximate surface area is 83.1 Å². The maximum Gasteiger partial charge on any atom is -0.00489 e. The normalized spacial score (nSPS) is 37.4. The first kappa shape index (κ1) is 11.0. The van der Waals surface area contributed by atoms with E-state index in [1.807, 2.05) is 0 Å². The first-order valence-corrected chi connectivity index (χ1v) is 5.82. The minimum Gasteiger partial charge on any atom is -0.330 e. The summed E-state index contributed by atoms with van der Waals surface area (Å²) >= 11 is 0. The van der Waals surface area contributed by atoms with E-state index in [1.165, 1.54) is 32.1 Å². The lowest BCUT2D eigenvalue weighted by Crippen LogP contribution is -2.32. The Bertz CT molecular complexity index is 145. The molecule has 0 aromatic heterocycles. The number of nitrogens with two attached hydrogens (primary N) is 1. The predicted octanol–water partition coefficient (Wildman–Crippen LogP) is 3.19. The first-order chi connectivity index (χ1) is 6.12. The summed E-state index contributed by atoms with van der Waals surface area (Å²) in [5.74, 6) is 1.70. The van der Waals surface area contributed by atoms with Crippen LogP contribution in [-0.4, -0.2) is 6.54 Å². The highest BCUT2D eigenvalue weighted by atomic mass is 14.6. The van der Waals surface area contributed by atoms with Crippen LogP contribution in [0.2, 0.25) is 0 Å². The van der Waals surface area contributed by atoms with Gasteiger partial charge in [-0.15, -0.1) is 0 Å². The van der Waals surface area contributed by atoms with Crippen LogP contribution in [-0.2, 0) is 0 Å². The molecule has 0 bridgehead atoms. The second-order valence-corrected chi connectivity index (χ2v) is 5.14. The van der Waals surface area contributed by atoms with Crippen LogP contribution in [0.5, 0.6) is 0 Å². The van der Waals surface area contributed by atoms with Crippen molar-refractivity contribution in [3.8, 4) is 0 Å². The Morgan fingerprint density at radius 1 is 1.38 bits per heavy atom. The third-order valence-electron chi connectivity index (χ3n) is 4.38. The van der Waals surface area contributed by atoms with Gasteiger partial charge in [0.1, 0.15) is 0 Å². The summed E-state index contributed by atoms with van der Waals surface area (Å²) in [5.41, 5.74) is 6.31. The molecule has 78 valence electrons. The molecule has 2 N–H and O–H groups in total. The van der Waals surface area contributed by atoms with Gasteiger partial charge >= 0.3 is 0 Å². The van der Waals surface area contributed by atoms with E-state index in [2.05, 4.69) is 20.8 Å². The van der Waals surface area contributed by atoms with Crippen molar-refractivity contribution in [1.29, 1.82) is 0 Å². The predicted molar refractivity (Wildman–Crippen MR) is 58.6 cm³/mol. The van der Waals surface area contributed by atoms with Gasteiger partial charge in [-0.2, -0.15) is 0 Å². The van der Waals surface area contributed by atoms with E-state index in [0.717, 1.165) is 18.4 Å². The average molecular weight is 183 g/mol. The fourth-order valence-corrected chi connectivity index (χ4v) is 2.56. The summed E-state index contributed by atoms with van der Waals surface area (Å²) in [6.45, 7) is 8.08. The number of hydrogen-bond acceptors (Lipinski definition) is 1. The zero-order valence-corrected chi connectivity index (χ0v) is 9.47. The third-order valence-corrected chi connectivity index (χ3v) is 4.38.